The van der Waals surface area contributed by atoms with E-state index in [2.05, 4.69) is 10.6 Å². The standard InChI is InChI=1S/C19H27FN4O2/c1-23(2)11-12-24-17(25)19(22-18(24)26,15-7-9-21-10-8-15)13-14-3-5-16(20)6-4-14/h3-6,15,21H,7-13H2,1-2H3,(H,22,26)/t19-/m1/s1. The molecule has 0 spiro atoms. The van der Waals surface area contributed by atoms with Gasteiger partial charge in [0.1, 0.15) is 11.4 Å². The van der Waals surface area contributed by atoms with Crippen molar-refractivity contribution in [2.75, 3.05) is 40.3 Å². The maximum atomic E-state index is 13.4. The average molecular weight is 362 g/mol. The number of piperidine rings is 1. The van der Waals surface area contributed by atoms with Crippen molar-refractivity contribution in [3.8, 4) is 0 Å². The summed E-state index contributed by atoms with van der Waals surface area (Å²) in [6.45, 7) is 2.65. The lowest BCUT2D eigenvalue weighted by atomic mass is 9.74. The average Bonchev–Trinajstić information content (AvgIpc) is 2.87. The van der Waals surface area contributed by atoms with Gasteiger partial charge in [0.15, 0.2) is 0 Å². The van der Waals surface area contributed by atoms with Gasteiger partial charge in [0, 0.05) is 19.5 Å². The molecular weight excluding hydrogens is 335 g/mol. The van der Waals surface area contributed by atoms with Gasteiger partial charge in [0.05, 0.1) is 0 Å². The Bertz CT molecular complexity index is 658. The van der Waals surface area contributed by atoms with Crippen molar-refractivity contribution in [2.24, 2.45) is 5.92 Å². The Hall–Kier alpha value is -1.99. The number of carbonyl (C=O) groups is 2. The van der Waals surface area contributed by atoms with Gasteiger partial charge in [-0.1, -0.05) is 12.1 Å². The van der Waals surface area contributed by atoms with Gasteiger partial charge in [0.2, 0.25) is 0 Å². The summed E-state index contributed by atoms with van der Waals surface area (Å²) in [4.78, 5) is 29.2. The van der Waals surface area contributed by atoms with E-state index < -0.39 is 5.54 Å². The van der Waals surface area contributed by atoms with E-state index in [0.29, 0.717) is 19.5 Å². The molecule has 1 aromatic rings. The highest BCUT2D eigenvalue weighted by Crippen LogP contribution is 2.35. The number of carbonyl (C=O) groups excluding carboxylic acids is 2. The molecule has 2 N–H and O–H groups in total. The molecular formula is C19H27FN4O2. The largest absolute Gasteiger partial charge is 0.325 e. The van der Waals surface area contributed by atoms with Gasteiger partial charge in [-0.3, -0.25) is 9.69 Å². The lowest BCUT2D eigenvalue weighted by Gasteiger charge is -2.38. The van der Waals surface area contributed by atoms with Crippen LogP contribution in [0.3, 0.4) is 0 Å². The predicted octanol–water partition coefficient (Wildman–Crippen LogP) is 1.22. The van der Waals surface area contributed by atoms with Gasteiger partial charge in [-0.25, -0.2) is 9.18 Å². The Morgan fingerprint density at radius 1 is 1.19 bits per heavy atom. The summed E-state index contributed by atoms with van der Waals surface area (Å²) < 4.78 is 13.3. The molecule has 2 saturated heterocycles. The molecule has 2 aliphatic heterocycles. The molecule has 0 bridgehead atoms. The minimum absolute atomic E-state index is 0.0645. The quantitative estimate of drug-likeness (QED) is 0.747. The first kappa shape index (κ1) is 18.8. The number of nitrogens with one attached hydrogen (secondary N) is 2. The second kappa shape index (κ2) is 7.72. The van der Waals surface area contributed by atoms with Crippen LogP contribution >= 0.6 is 0 Å². The number of hydrogen-bond donors (Lipinski definition) is 2. The molecule has 0 aliphatic carbocycles. The molecule has 1 aromatic carbocycles. The fraction of sp³-hybridized carbons (Fsp3) is 0.579. The number of halogens is 1. The molecule has 26 heavy (non-hydrogen) atoms. The summed E-state index contributed by atoms with van der Waals surface area (Å²) in [6.07, 6.45) is 2.05. The molecule has 7 heteroatoms. The fourth-order valence-electron chi connectivity index (χ4n) is 3.93. The number of likely N-dealkylation sites (N-methyl/N-ethyl adjacent to an activating group) is 1. The van der Waals surface area contributed by atoms with Crippen LogP contribution in [-0.2, 0) is 11.2 Å². The first-order valence-electron chi connectivity index (χ1n) is 9.16. The summed E-state index contributed by atoms with van der Waals surface area (Å²) in [5.41, 5.74) is -0.0865. The topological polar surface area (TPSA) is 64.7 Å². The van der Waals surface area contributed by atoms with E-state index in [-0.39, 0.29) is 23.7 Å². The zero-order valence-corrected chi connectivity index (χ0v) is 15.4. The third kappa shape index (κ3) is 3.73. The number of rotatable bonds is 6. The molecule has 0 radical (unpaired) electrons. The van der Waals surface area contributed by atoms with E-state index in [1.807, 2.05) is 19.0 Å². The van der Waals surface area contributed by atoms with Crippen LogP contribution in [0.15, 0.2) is 24.3 Å². The van der Waals surface area contributed by atoms with Crippen LogP contribution < -0.4 is 10.6 Å². The van der Waals surface area contributed by atoms with Crippen molar-refractivity contribution in [2.45, 2.75) is 24.8 Å². The van der Waals surface area contributed by atoms with Crippen molar-refractivity contribution in [3.63, 3.8) is 0 Å². The molecule has 6 nitrogen and oxygen atoms in total. The number of hydrogen-bond acceptors (Lipinski definition) is 4. The first-order chi connectivity index (χ1) is 12.4. The molecule has 0 unspecified atom stereocenters. The molecule has 142 valence electrons. The lowest BCUT2D eigenvalue weighted by molar-refractivity contribution is -0.133. The Balaban J connectivity index is 1.89. The highest BCUT2D eigenvalue weighted by Gasteiger charge is 2.55. The van der Waals surface area contributed by atoms with E-state index in [4.69, 9.17) is 0 Å². The Morgan fingerprint density at radius 3 is 2.46 bits per heavy atom. The fourth-order valence-corrected chi connectivity index (χ4v) is 3.93. The maximum absolute atomic E-state index is 13.4. The van der Waals surface area contributed by atoms with E-state index in [1.54, 1.807) is 12.1 Å². The molecule has 3 rings (SSSR count). The second-order valence-corrected chi connectivity index (χ2v) is 7.49. The van der Waals surface area contributed by atoms with Crippen molar-refractivity contribution >= 4 is 11.9 Å². The van der Waals surface area contributed by atoms with Gasteiger partial charge in [0.25, 0.3) is 5.91 Å². The minimum Gasteiger partial charge on any atom is -0.322 e. The van der Waals surface area contributed by atoms with Crippen LogP contribution in [0.2, 0.25) is 0 Å². The third-order valence-electron chi connectivity index (χ3n) is 5.41. The van der Waals surface area contributed by atoms with Gasteiger partial charge in [-0.2, -0.15) is 0 Å². The summed E-state index contributed by atoms with van der Waals surface area (Å²) in [6, 6.07) is 5.87. The van der Waals surface area contributed by atoms with Gasteiger partial charge >= 0.3 is 6.03 Å². The molecule has 1 atom stereocenters. The van der Waals surface area contributed by atoms with Crippen LogP contribution in [0.25, 0.3) is 0 Å². The zero-order chi connectivity index (χ0) is 18.7. The van der Waals surface area contributed by atoms with E-state index in [1.165, 1.54) is 17.0 Å². The highest BCUT2D eigenvalue weighted by molar-refractivity contribution is 6.07. The Labute approximate surface area is 153 Å². The molecule has 2 aliphatic rings. The molecule has 3 amide bonds. The summed E-state index contributed by atoms with van der Waals surface area (Å²) in [7, 11) is 3.83. The number of amides is 3. The minimum atomic E-state index is -0.941. The van der Waals surface area contributed by atoms with Crippen LogP contribution in [0, 0.1) is 11.7 Å². The summed E-state index contributed by atoms with van der Waals surface area (Å²) >= 11 is 0. The van der Waals surface area contributed by atoms with Crippen LogP contribution in [0.4, 0.5) is 9.18 Å². The number of urea groups is 1. The first-order valence-corrected chi connectivity index (χ1v) is 9.16. The monoisotopic (exact) mass is 362 g/mol. The normalized spacial score (nSPS) is 24.4. The van der Waals surface area contributed by atoms with Crippen LogP contribution in [0.5, 0.6) is 0 Å². The molecule has 2 fully saturated rings. The SMILES string of the molecule is CN(C)CCN1C(=O)N[C@](Cc2ccc(F)cc2)(C2CCNCC2)C1=O. The van der Waals surface area contributed by atoms with E-state index in [9.17, 15) is 14.0 Å². The van der Waals surface area contributed by atoms with Crippen LogP contribution in [-0.4, -0.2) is 67.6 Å². The smallest absolute Gasteiger partial charge is 0.322 e. The van der Waals surface area contributed by atoms with Crippen molar-refractivity contribution in [1.29, 1.82) is 0 Å². The lowest BCUT2D eigenvalue weighted by Crippen LogP contribution is -2.57. The number of nitrogens with zero attached hydrogens (tertiary/aromatic N) is 2. The zero-order valence-electron chi connectivity index (χ0n) is 15.4. The van der Waals surface area contributed by atoms with E-state index in [0.717, 1.165) is 31.5 Å². The molecule has 0 saturated carbocycles. The van der Waals surface area contributed by atoms with Crippen molar-refractivity contribution < 1.29 is 14.0 Å². The van der Waals surface area contributed by atoms with Crippen molar-refractivity contribution in [3.05, 3.63) is 35.6 Å². The highest BCUT2D eigenvalue weighted by atomic mass is 19.1. The number of imide groups is 1. The van der Waals surface area contributed by atoms with Gasteiger partial charge in [-0.15, -0.1) is 0 Å². The third-order valence-corrected chi connectivity index (χ3v) is 5.41. The Kier molecular flexibility index (Phi) is 5.58. The second-order valence-electron chi connectivity index (χ2n) is 7.49. The summed E-state index contributed by atoms with van der Waals surface area (Å²) in [5.74, 6) is -0.394. The Morgan fingerprint density at radius 2 is 1.85 bits per heavy atom. The predicted molar refractivity (Wildman–Crippen MR) is 97.2 cm³/mol. The molecule has 2 heterocycles. The number of benzene rings is 1. The summed E-state index contributed by atoms with van der Waals surface area (Å²) in [5, 5.41) is 6.33. The van der Waals surface area contributed by atoms with Gasteiger partial charge in [-0.05, 0) is 63.6 Å². The van der Waals surface area contributed by atoms with Crippen molar-refractivity contribution in [1.82, 2.24) is 20.4 Å². The van der Waals surface area contributed by atoms with Crippen LogP contribution in [0.1, 0.15) is 18.4 Å². The van der Waals surface area contributed by atoms with Gasteiger partial charge < -0.3 is 15.5 Å². The maximum Gasteiger partial charge on any atom is 0.325 e. The molecule has 0 aromatic heterocycles. The van der Waals surface area contributed by atoms with E-state index >= 15 is 0 Å².